The van der Waals surface area contributed by atoms with Gasteiger partial charge in [0.15, 0.2) is 5.76 Å². The third-order valence-corrected chi connectivity index (χ3v) is 3.21. The van der Waals surface area contributed by atoms with Crippen LogP contribution in [0.4, 0.5) is 0 Å². The second-order valence-corrected chi connectivity index (χ2v) is 4.64. The maximum atomic E-state index is 11.5. The Labute approximate surface area is 120 Å². The summed E-state index contributed by atoms with van der Waals surface area (Å²) in [5, 5.41) is 17.3. The van der Waals surface area contributed by atoms with Crippen molar-refractivity contribution in [3.05, 3.63) is 47.2 Å². The standard InChI is InChI=1S/C15H12N2O4/c1-8-5-6-9(2)12(15(18)19)11(8)14-17-16-13(21-14)10-4-3-7-20-10/h3-7H,1-2H3,(H,18,19). The maximum absolute atomic E-state index is 11.5. The molecule has 0 bridgehead atoms. The van der Waals surface area contributed by atoms with Gasteiger partial charge in [-0.2, -0.15) is 0 Å². The first-order valence-corrected chi connectivity index (χ1v) is 6.29. The van der Waals surface area contributed by atoms with Crippen LogP contribution in [0.1, 0.15) is 21.5 Å². The van der Waals surface area contributed by atoms with E-state index in [-0.39, 0.29) is 17.3 Å². The van der Waals surface area contributed by atoms with E-state index in [4.69, 9.17) is 8.83 Å². The fraction of sp³-hybridized carbons (Fsp3) is 0.133. The normalized spacial score (nSPS) is 10.8. The third kappa shape index (κ3) is 2.20. The van der Waals surface area contributed by atoms with E-state index in [1.165, 1.54) is 6.26 Å². The first kappa shape index (κ1) is 13.1. The van der Waals surface area contributed by atoms with Crippen LogP contribution in [0, 0.1) is 13.8 Å². The van der Waals surface area contributed by atoms with Crippen molar-refractivity contribution in [2.45, 2.75) is 13.8 Å². The lowest BCUT2D eigenvalue weighted by molar-refractivity contribution is 0.0696. The highest BCUT2D eigenvalue weighted by molar-refractivity contribution is 5.97. The molecule has 1 aromatic carbocycles. The molecule has 2 heterocycles. The number of carboxylic acid groups (broad SMARTS) is 1. The van der Waals surface area contributed by atoms with Gasteiger partial charge in [0, 0.05) is 0 Å². The number of hydrogen-bond acceptors (Lipinski definition) is 5. The zero-order chi connectivity index (χ0) is 15.0. The van der Waals surface area contributed by atoms with Crippen molar-refractivity contribution in [3.63, 3.8) is 0 Å². The van der Waals surface area contributed by atoms with Gasteiger partial charge in [0.1, 0.15) is 0 Å². The van der Waals surface area contributed by atoms with Crippen molar-refractivity contribution >= 4 is 5.97 Å². The van der Waals surface area contributed by atoms with Crippen molar-refractivity contribution in [3.8, 4) is 23.1 Å². The molecule has 1 N–H and O–H groups in total. The average molecular weight is 284 g/mol. The third-order valence-electron chi connectivity index (χ3n) is 3.21. The Balaban J connectivity index is 2.17. The van der Waals surface area contributed by atoms with Crippen LogP contribution in [0.15, 0.2) is 39.4 Å². The number of rotatable bonds is 3. The van der Waals surface area contributed by atoms with Crippen LogP contribution in [0.2, 0.25) is 0 Å². The topological polar surface area (TPSA) is 89.4 Å². The van der Waals surface area contributed by atoms with Crippen LogP contribution in [0.5, 0.6) is 0 Å². The lowest BCUT2D eigenvalue weighted by Crippen LogP contribution is -2.04. The quantitative estimate of drug-likeness (QED) is 0.793. The lowest BCUT2D eigenvalue weighted by Gasteiger charge is -2.08. The lowest BCUT2D eigenvalue weighted by atomic mass is 9.97. The van der Waals surface area contributed by atoms with E-state index in [9.17, 15) is 9.90 Å². The highest BCUT2D eigenvalue weighted by Crippen LogP contribution is 2.31. The van der Waals surface area contributed by atoms with Gasteiger partial charge in [0.25, 0.3) is 5.89 Å². The van der Waals surface area contributed by atoms with E-state index in [0.717, 1.165) is 5.56 Å². The largest absolute Gasteiger partial charge is 0.478 e. The Bertz CT molecular complexity index is 803. The highest BCUT2D eigenvalue weighted by Gasteiger charge is 2.22. The summed E-state index contributed by atoms with van der Waals surface area (Å²) in [4.78, 5) is 11.5. The van der Waals surface area contributed by atoms with Gasteiger partial charge < -0.3 is 13.9 Å². The number of carboxylic acids is 1. The second kappa shape index (κ2) is 4.90. The van der Waals surface area contributed by atoms with Crippen LogP contribution in [0.3, 0.4) is 0 Å². The van der Waals surface area contributed by atoms with Gasteiger partial charge in [-0.25, -0.2) is 4.79 Å². The summed E-state index contributed by atoms with van der Waals surface area (Å²) in [7, 11) is 0. The highest BCUT2D eigenvalue weighted by atomic mass is 16.4. The minimum atomic E-state index is -1.02. The molecule has 6 heteroatoms. The van der Waals surface area contributed by atoms with Gasteiger partial charge >= 0.3 is 5.97 Å². The van der Waals surface area contributed by atoms with Crippen molar-refractivity contribution < 1.29 is 18.7 Å². The molecule has 0 amide bonds. The molecule has 0 aliphatic carbocycles. The van der Waals surface area contributed by atoms with Crippen molar-refractivity contribution in [1.82, 2.24) is 10.2 Å². The van der Waals surface area contributed by atoms with Crippen molar-refractivity contribution in [2.24, 2.45) is 0 Å². The van der Waals surface area contributed by atoms with Crippen LogP contribution in [-0.2, 0) is 0 Å². The maximum Gasteiger partial charge on any atom is 0.336 e. The molecular formula is C15H12N2O4. The summed E-state index contributed by atoms with van der Waals surface area (Å²) in [6.45, 7) is 3.54. The number of carbonyl (C=O) groups is 1. The summed E-state index contributed by atoms with van der Waals surface area (Å²) < 4.78 is 10.7. The van der Waals surface area contributed by atoms with Crippen LogP contribution >= 0.6 is 0 Å². The first-order chi connectivity index (χ1) is 10.1. The number of furan rings is 1. The number of nitrogens with zero attached hydrogens (tertiary/aromatic N) is 2. The van der Waals surface area contributed by atoms with E-state index in [1.54, 1.807) is 32.0 Å². The fourth-order valence-electron chi connectivity index (χ4n) is 2.19. The number of benzene rings is 1. The zero-order valence-corrected chi connectivity index (χ0v) is 11.5. The summed E-state index contributed by atoms with van der Waals surface area (Å²) in [5.74, 6) is -0.202. The minimum absolute atomic E-state index is 0.167. The predicted octanol–water partition coefficient (Wildman–Crippen LogP) is 3.31. The molecule has 21 heavy (non-hydrogen) atoms. The predicted molar refractivity (Wildman–Crippen MR) is 73.9 cm³/mol. The average Bonchev–Trinajstić information content (AvgIpc) is 3.10. The summed E-state index contributed by atoms with van der Waals surface area (Å²) in [5.41, 5.74) is 2.01. The first-order valence-electron chi connectivity index (χ1n) is 6.29. The summed E-state index contributed by atoms with van der Waals surface area (Å²) in [6, 6.07) is 6.98. The molecule has 0 aliphatic heterocycles. The van der Waals surface area contributed by atoms with E-state index >= 15 is 0 Å². The smallest absolute Gasteiger partial charge is 0.336 e. The van der Waals surface area contributed by atoms with E-state index < -0.39 is 5.97 Å². The Morgan fingerprint density at radius 1 is 1.10 bits per heavy atom. The number of aromatic nitrogens is 2. The van der Waals surface area contributed by atoms with Crippen LogP contribution in [-0.4, -0.2) is 21.3 Å². The van der Waals surface area contributed by atoms with E-state index in [1.807, 2.05) is 6.07 Å². The Hall–Kier alpha value is -2.89. The molecule has 0 fully saturated rings. The molecule has 3 rings (SSSR count). The molecule has 0 unspecified atom stereocenters. The molecule has 0 radical (unpaired) electrons. The van der Waals surface area contributed by atoms with Crippen LogP contribution in [0.25, 0.3) is 23.1 Å². The molecule has 0 spiro atoms. The summed E-state index contributed by atoms with van der Waals surface area (Å²) >= 11 is 0. The van der Waals surface area contributed by atoms with Crippen molar-refractivity contribution in [1.29, 1.82) is 0 Å². The molecule has 2 aromatic heterocycles. The van der Waals surface area contributed by atoms with E-state index in [2.05, 4.69) is 10.2 Å². The van der Waals surface area contributed by atoms with Gasteiger partial charge in [0.2, 0.25) is 5.89 Å². The Kier molecular flexibility index (Phi) is 3.06. The minimum Gasteiger partial charge on any atom is -0.478 e. The Morgan fingerprint density at radius 3 is 2.48 bits per heavy atom. The SMILES string of the molecule is Cc1ccc(C)c(-c2nnc(-c3ccco3)o2)c1C(=O)O. The van der Waals surface area contributed by atoms with Gasteiger partial charge in [-0.05, 0) is 37.1 Å². The Morgan fingerprint density at radius 2 is 1.81 bits per heavy atom. The molecule has 0 aliphatic rings. The van der Waals surface area contributed by atoms with Crippen LogP contribution < -0.4 is 0 Å². The molecule has 0 atom stereocenters. The number of aryl methyl sites for hydroxylation is 2. The van der Waals surface area contributed by atoms with Gasteiger partial charge in [-0.1, -0.05) is 12.1 Å². The van der Waals surface area contributed by atoms with Crippen molar-refractivity contribution in [2.75, 3.05) is 0 Å². The summed E-state index contributed by atoms with van der Waals surface area (Å²) in [6.07, 6.45) is 1.50. The molecule has 0 saturated heterocycles. The number of aromatic carboxylic acids is 1. The van der Waals surface area contributed by atoms with Gasteiger partial charge in [-0.3, -0.25) is 0 Å². The molecular weight excluding hydrogens is 272 g/mol. The molecule has 3 aromatic rings. The molecule has 0 saturated carbocycles. The van der Waals surface area contributed by atoms with Gasteiger partial charge in [-0.15, -0.1) is 10.2 Å². The van der Waals surface area contributed by atoms with Gasteiger partial charge in [0.05, 0.1) is 17.4 Å². The number of hydrogen-bond donors (Lipinski definition) is 1. The van der Waals surface area contributed by atoms with E-state index in [0.29, 0.717) is 16.9 Å². The monoisotopic (exact) mass is 284 g/mol. The zero-order valence-electron chi connectivity index (χ0n) is 11.5. The molecule has 106 valence electrons. The fourth-order valence-corrected chi connectivity index (χ4v) is 2.19. The molecule has 6 nitrogen and oxygen atoms in total. The second-order valence-electron chi connectivity index (χ2n) is 4.64.